The lowest BCUT2D eigenvalue weighted by atomic mass is 9.90. The van der Waals surface area contributed by atoms with E-state index in [-0.39, 0.29) is 22.3 Å². The molecule has 0 saturated heterocycles. The van der Waals surface area contributed by atoms with Crippen molar-refractivity contribution in [2.75, 3.05) is 0 Å². The Morgan fingerprint density at radius 3 is 1.33 bits per heavy atom. The molecule has 0 unspecified atom stereocenters. The lowest BCUT2D eigenvalue weighted by Crippen LogP contribution is -2.56. The standard InChI is InChI=1S/C30H15ClF14O6S/c31-52(50,51)22-11-18(15-6-8-16(9-7-15)20(46)12-23(48)25(32,33)27(36,37)29(40,41)42)17(14-4-2-1-3-5-14)10-19(22)21(47)13-24(49)26(34,35)28(38,39)30(43,44)45/h1-11H,12-13H2. The maximum atomic E-state index is 14.0. The van der Waals surface area contributed by atoms with E-state index in [9.17, 15) is 89.1 Å². The molecule has 0 fully saturated rings. The first-order chi connectivity index (χ1) is 23.4. The molecule has 6 nitrogen and oxygen atoms in total. The van der Waals surface area contributed by atoms with Gasteiger partial charge in [0.1, 0.15) is 0 Å². The molecule has 0 aromatic heterocycles. The number of Topliss-reactive ketones (excluding diaryl/α,β-unsaturated/α-hetero) is 4. The van der Waals surface area contributed by atoms with Crippen LogP contribution >= 0.6 is 10.7 Å². The number of alkyl halides is 14. The van der Waals surface area contributed by atoms with E-state index in [4.69, 9.17) is 10.7 Å². The van der Waals surface area contributed by atoms with Gasteiger partial charge in [0.15, 0.2) is 11.6 Å². The fraction of sp³-hybridized carbons (Fsp3) is 0.267. The summed E-state index contributed by atoms with van der Waals surface area (Å²) in [7, 11) is 0.211. The predicted octanol–water partition coefficient (Wildman–Crippen LogP) is 8.90. The van der Waals surface area contributed by atoms with Crippen LogP contribution in [0.25, 0.3) is 22.3 Å². The molecule has 0 amide bonds. The number of hydrogen-bond donors (Lipinski definition) is 0. The van der Waals surface area contributed by atoms with Crippen LogP contribution in [0.2, 0.25) is 0 Å². The molecular weight excluding hydrogens is 790 g/mol. The van der Waals surface area contributed by atoms with E-state index < -0.39 is 97.1 Å². The van der Waals surface area contributed by atoms with Crippen LogP contribution in [0.4, 0.5) is 61.5 Å². The van der Waals surface area contributed by atoms with E-state index in [2.05, 4.69) is 0 Å². The van der Waals surface area contributed by atoms with Crippen molar-refractivity contribution < 1.29 is 89.1 Å². The average Bonchev–Trinajstić information content (AvgIpc) is 3.02. The van der Waals surface area contributed by atoms with Crippen LogP contribution in [-0.4, -0.2) is 67.6 Å². The Labute approximate surface area is 285 Å². The molecule has 22 heteroatoms. The SMILES string of the molecule is O=C(CC(=O)C(F)(F)C(F)(F)C(F)(F)F)c1ccc(-c2cc(S(=O)(=O)Cl)c(C(=O)CC(=O)C(F)(F)C(F)(F)C(F)(F)F)cc2-c2ccccc2)cc1. The van der Waals surface area contributed by atoms with Crippen molar-refractivity contribution in [3.8, 4) is 22.3 Å². The fourth-order valence-electron chi connectivity index (χ4n) is 4.35. The molecule has 0 heterocycles. The molecule has 3 aromatic carbocycles. The Morgan fingerprint density at radius 2 is 0.923 bits per heavy atom. The van der Waals surface area contributed by atoms with Crippen molar-refractivity contribution in [3.05, 3.63) is 77.9 Å². The molecule has 0 saturated carbocycles. The topological polar surface area (TPSA) is 102 Å². The molecule has 0 radical (unpaired) electrons. The molecule has 0 N–H and O–H groups in total. The maximum Gasteiger partial charge on any atom is 0.460 e. The van der Waals surface area contributed by atoms with Gasteiger partial charge in [-0.05, 0) is 34.4 Å². The fourth-order valence-corrected chi connectivity index (χ4v) is 5.42. The monoisotopic (exact) mass is 804 g/mol. The zero-order valence-electron chi connectivity index (χ0n) is 24.8. The van der Waals surface area contributed by atoms with Crippen molar-refractivity contribution in [2.24, 2.45) is 0 Å². The van der Waals surface area contributed by atoms with Gasteiger partial charge in [0.25, 0.3) is 9.05 Å². The molecule has 0 spiro atoms. The molecule has 3 rings (SSSR count). The Balaban J connectivity index is 2.11. The Hall–Kier alpha value is -4.40. The minimum absolute atomic E-state index is 0.0453. The van der Waals surface area contributed by atoms with Crippen molar-refractivity contribution in [3.63, 3.8) is 0 Å². The highest BCUT2D eigenvalue weighted by Crippen LogP contribution is 2.49. The first-order valence-corrected chi connectivity index (χ1v) is 15.8. The highest BCUT2D eigenvalue weighted by molar-refractivity contribution is 8.13. The van der Waals surface area contributed by atoms with Gasteiger partial charge >= 0.3 is 36.0 Å². The molecule has 0 aliphatic heterocycles. The third-order valence-electron chi connectivity index (χ3n) is 7.13. The van der Waals surface area contributed by atoms with E-state index in [0.29, 0.717) is 12.1 Å². The van der Waals surface area contributed by atoms with Crippen LogP contribution in [0.15, 0.2) is 71.6 Å². The Morgan fingerprint density at radius 1 is 0.538 bits per heavy atom. The lowest BCUT2D eigenvalue weighted by molar-refractivity contribution is -0.343. The van der Waals surface area contributed by atoms with Crippen LogP contribution in [0.5, 0.6) is 0 Å². The second-order valence-electron chi connectivity index (χ2n) is 10.6. The van der Waals surface area contributed by atoms with Crippen LogP contribution in [0, 0.1) is 0 Å². The Kier molecular flexibility index (Phi) is 11.2. The van der Waals surface area contributed by atoms with Gasteiger partial charge in [-0.15, -0.1) is 0 Å². The number of carbonyl (C=O) groups excluding carboxylic acids is 4. The van der Waals surface area contributed by atoms with Gasteiger partial charge < -0.3 is 0 Å². The van der Waals surface area contributed by atoms with Crippen molar-refractivity contribution in [1.82, 2.24) is 0 Å². The maximum absolute atomic E-state index is 14.0. The second-order valence-corrected chi connectivity index (χ2v) is 13.1. The van der Waals surface area contributed by atoms with E-state index in [1.54, 1.807) is 0 Å². The third kappa shape index (κ3) is 7.83. The summed E-state index contributed by atoms with van der Waals surface area (Å²) in [5, 5.41) is 0. The molecular formula is C30H15ClF14O6S. The molecule has 0 bridgehead atoms. The summed E-state index contributed by atoms with van der Waals surface area (Å²) >= 11 is 0. The normalized spacial score (nSPS) is 13.5. The van der Waals surface area contributed by atoms with Gasteiger partial charge in [-0.3, -0.25) is 19.2 Å². The van der Waals surface area contributed by atoms with Crippen molar-refractivity contribution in [1.29, 1.82) is 0 Å². The summed E-state index contributed by atoms with van der Waals surface area (Å²) in [5.74, 6) is -36.7. The molecule has 3 aromatic rings. The highest BCUT2D eigenvalue weighted by Gasteiger charge is 2.76. The quantitative estimate of drug-likeness (QED) is 0.0741. The van der Waals surface area contributed by atoms with Crippen LogP contribution in [-0.2, 0) is 18.6 Å². The van der Waals surface area contributed by atoms with Crippen LogP contribution in [0.3, 0.4) is 0 Å². The smallest absolute Gasteiger partial charge is 0.294 e. The summed E-state index contributed by atoms with van der Waals surface area (Å²) in [5.41, 5.74) is -2.66. The first-order valence-electron chi connectivity index (χ1n) is 13.5. The molecule has 0 atom stereocenters. The Bertz CT molecular complexity index is 2010. The predicted molar refractivity (Wildman–Crippen MR) is 150 cm³/mol. The highest BCUT2D eigenvalue weighted by atomic mass is 35.7. The number of halogens is 15. The average molecular weight is 805 g/mol. The van der Waals surface area contributed by atoms with E-state index >= 15 is 0 Å². The lowest BCUT2D eigenvalue weighted by Gasteiger charge is -2.26. The van der Waals surface area contributed by atoms with E-state index in [0.717, 1.165) is 24.3 Å². The number of benzene rings is 3. The summed E-state index contributed by atoms with van der Waals surface area (Å²) in [6.07, 6.45) is -18.4. The third-order valence-corrected chi connectivity index (χ3v) is 8.49. The van der Waals surface area contributed by atoms with Gasteiger partial charge in [0, 0.05) is 21.8 Å². The second kappa shape index (κ2) is 13.9. The molecule has 0 aliphatic rings. The molecule has 282 valence electrons. The molecule has 0 aliphatic carbocycles. The summed E-state index contributed by atoms with van der Waals surface area (Å²) in [6.45, 7) is 0. The number of rotatable bonds is 13. The van der Waals surface area contributed by atoms with E-state index in [1.807, 2.05) is 0 Å². The molecule has 52 heavy (non-hydrogen) atoms. The van der Waals surface area contributed by atoms with Crippen molar-refractivity contribution in [2.45, 2.75) is 53.8 Å². The van der Waals surface area contributed by atoms with Gasteiger partial charge in [0.2, 0.25) is 11.6 Å². The summed E-state index contributed by atoms with van der Waals surface area (Å²) in [6, 6.07) is 11.1. The number of hydrogen-bond acceptors (Lipinski definition) is 6. The first kappa shape index (κ1) is 42.0. The summed E-state index contributed by atoms with van der Waals surface area (Å²) < 4.78 is 209. The van der Waals surface area contributed by atoms with Crippen molar-refractivity contribution >= 4 is 42.9 Å². The van der Waals surface area contributed by atoms with Crippen LogP contribution in [0.1, 0.15) is 33.6 Å². The van der Waals surface area contributed by atoms with Gasteiger partial charge in [-0.25, -0.2) is 8.42 Å². The van der Waals surface area contributed by atoms with Gasteiger partial charge in [0.05, 0.1) is 17.7 Å². The largest absolute Gasteiger partial charge is 0.460 e. The van der Waals surface area contributed by atoms with Crippen LogP contribution < -0.4 is 0 Å². The minimum Gasteiger partial charge on any atom is -0.294 e. The zero-order chi connectivity index (χ0) is 40.0. The minimum atomic E-state index is -6.95. The zero-order valence-corrected chi connectivity index (χ0v) is 26.4. The van der Waals surface area contributed by atoms with E-state index in [1.165, 1.54) is 30.3 Å². The summed E-state index contributed by atoms with van der Waals surface area (Å²) in [4.78, 5) is 47.6. The van der Waals surface area contributed by atoms with Gasteiger partial charge in [-0.2, -0.15) is 61.5 Å². The number of ketones is 4. The number of carbonyl (C=O) groups is 4. The van der Waals surface area contributed by atoms with Gasteiger partial charge in [-0.1, -0.05) is 54.6 Å².